The maximum Gasteiger partial charge on any atom is 0.248 e. The van der Waals surface area contributed by atoms with Gasteiger partial charge >= 0.3 is 0 Å². The molecule has 1 amide bonds. The fourth-order valence-corrected chi connectivity index (χ4v) is 3.67. The summed E-state index contributed by atoms with van der Waals surface area (Å²) in [7, 11) is 0. The predicted molar refractivity (Wildman–Crippen MR) is 106 cm³/mol. The van der Waals surface area contributed by atoms with Gasteiger partial charge in [0, 0.05) is 36.5 Å². The van der Waals surface area contributed by atoms with Crippen molar-refractivity contribution < 1.29 is 9.21 Å². The number of anilines is 2. The highest BCUT2D eigenvalue weighted by molar-refractivity contribution is 6.02. The van der Waals surface area contributed by atoms with E-state index in [1.807, 2.05) is 25.1 Å². The van der Waals surface area contributed by atoms with Gasteiger partial charge < -0.3 is 14.6 Å². The van der Waals surface area contributed by atoms with E-state index in [4.69, 9.17) is 4.42 Å². The summed E-state index contributed by atoms with van der Waals surface area (Å²) >= 11 is 0. The summed E-state index contributed by atoms with van der Waals surface area (Å²) < 4.78 is 5.80. The quantitative estimate of drug-likeness (QED) is 0.775. The Bertz CT molecular complexity index is 830. The molecule has 136 valence electrons. The maximum atomic E-state index is 12.2. The molecule has 2 atom stereocenters. The summed E-state index contributed by atoms with van der Waals surface area (Å²) in [6.45, 7) is 6.51. The first-order chi connectivity index (χ1) is 12.6. The molecule has 1 aliphatic heterocycles. The third-order valence-corrected chi connectivity index (χ3v) is 5.46. The van der Waals surface area contributed by atoms with Crippen LogP contribution in [0.15, 0.2) is 40.8 Å². The molecule has 0 radical (unpaired) electrons. The number of nitrogens with zero attached hydrogens (tertiary/aromatic N) is 1. The molecule has 1 aliphatic carbocycles. The van der Waals surface area contributed by atoms with E-state index >= 15 is 0 Å². The summed E-state index contributed by atoms with van der Waals surface area (Å²) in [6.07, 6.45) is 6.99. The van der Waals surface area contributed by atoms with Crippen molar-refractivity contribution in [3.63, 3.8) is 0 Å². The third kappa shape index (κ3) is 3.69. The molecule has 26 heavy (non-hydrogen) atoms. The molecule has 2 aliphatic rings. The highest BCUT2D eigenvalue weighted by atomic mass is 16.3. The van der Waals surface area contributed by atoms with Crippen LogP contribution in [0.4, 0.5) is 11.4 Å². The number of furan rings is 1. The minimum Gasteiger partial charge on any atom is -0.461 e. The Morgan fingerprint density at radius 3 is 2.69 bits per heavy atom. The average molecular weight is 350 g/mol. The molecule has 2 fully saturated rings. The first kappa shape index (κ1) is 17.0. The second kappa shape index (κ2) is 7.02. The van der Waals surface area contributed by atoms with Crippen molar-refractivity contribution in [1.82, 2.24) is 0 Å². The molecule has 1 saturated carbocycles. The van der Waals surface area contributed by atoms with Crippen LogP contribution in [0.1, 0.15) is 49.2 Å². The zero-order valence-electron chi connectivity index (χ0n) is 15.5. The molecule has 1 N–H and O–H groups in total. The van der Waals surface area contributed by atoms with Crippen molar-refractivity contribution in [2.45, 2.75) is 39.0 Å². The highest BCUT2D eigenvalue weighted by Gasteiger charge is 2.36. The Labute approximate surface area is 154 Å². The highest BCUT2D eigenvalue weighted by Crippen LogP contribution is 2.47. The number of benzene rings is 1. The van der Waals surface area contributed by atoms with E-state index in [1.54, 1.807) is 6.08 Å². The molecule has 4 rings (SSSR count). The predicted octanol–water partition coefficient (Wildman–Crippen LogP) is 4.96. The minimum atomic E-state index is -0.139. The number of carbonyl (C=O) groups is 1. The van der Waals surface area contributed by atoms with Crippen LogP contribution in [-0.2, 0) is 4.79 Å². The van der Waals surface area contributed by atoms with Crippen molar-refractivity contribution in [3.8, 4) is 0 Å². The van der Waals surface area contributed by atoms with Gasteiger partial charge in [0.2, 0.25) is 5.91 Å². The number of hydrogen-bond donors (Lipinski definition) is 1. The summed E-state index contributed by atoms with van der Waals surface area (Å²) in [5, 5.41) is 2.96. The topological polar surface area (TPSA) is 45.5 Å². The van der Waals surface area contributed by atoms with Gasteiger partial charge in [0.25, 0.3) is 0 Å². The lowest BCUT2D eigenvalue weighted by atomic mass is 10.1. The molecule has 2 heterocycles. The lowest BCUT2D eigenvalue weighted by Gasteiger charge is -2.19. The fourth-order valence-electron chi connectivity index (χ4n) is 3.67. The number of carbonyl (C=O) groups excluding carboxylic acids is 1. The molecule has 1 saturated heterocycles. The fraction of sp³-hybridized carbons (Fsp3) is 0.409. The summed E-state index contributed by atoms with van der Waals surface area (Å²) in [5.41, 5.74) is 3.18. The molecule has 4 nitrogen and oxygen atoms in total. The summed E-state index contributed by atoms with van der Waals surface area (Å²) in [6, 6.07) is 10.2. The first-order valence-electron chi connectivity index (χ1n) is 9.54. The molecule has 2 unspecified atom stereocenters. The smallest absolute Gasteiger partial charge is 0.248 e. The van der Waals surface area contributed by atoms with E-state index in [-0.39, 0.29) is 5.91 Å². The van der Waals surface area contributed by atoms with E-state index in [2.05, 4.69) is 29.3 Å². The van der Waals surface area contributed by atoms with Crippen LogP contribution in [0, 0.1) is 12.8 Å². The second-order valence-electron chi connectivity index (χ2n) is 7.58. The molecule has 2 aromatic rings. The van der Waals surface area contributed by atoms with Gasteiger partial charge in [-0.2, -0.15) is 0 Å². The van der Waals surface area contributed by atoms with Gasteiger partial charge in [0.05, 0.1) is 0 Å². The lowest BCUT2D eigenvalue weighted by Crippen LogP contribution is -2.18. The Hall–Kier alpha value is -2.49. The van der Waals surface area contributed by atoms with Gasteiger partial charge in [-0.3, -0.25) is 4.79 Å². The van der Waals surface area contributed by atoms with Gasteiger partial charge in [0.15, 0.2) is 0 Å². The zero-order chi connectivity index (χ0) is 18.1. The van der Waals surface area contributed by atoms with E-state index in [1.165, 1.54) is 31.0 Å². The molecular weight excluding hydrogens is 324 g/mol. The standard InChI is InChI=1S/C22H26N2O2/c1-15-14-19(15)21-9-6-18(26-21)7-10-22(25)23-20-8-5-17(13-16(20)2)24-11-3-4-12-24/h5-10,13,15,19H,3-4,11-12,14H2,1-2H3,(H,23,25)/b10-7+. The van der Waals surface area contributed by atoms with E-state index in [0.29, 0.717) is 11.8 Å². The number of nitrogens with one attached hydrogen (secondary N) is 1. The Morgan fingerprint density at radius 2 is 2.00 bits per heavy atom. The molecule has 1 aromatic carbocycles. The molecule has 0 spiro atoms. The van der Waals surface area contributed by atoms with E-state index in [0.717, 1.165) is 35.9 Å². The number of rotatable bonds is 5. The van der Waals surface area contributed by atoms with Crippen molar-refractivity contribution in [2.24, 2.45) is 5.92 Å². The first-order valence-corrected chi connectivity index (χ1v) is 9.54. The molecular formula is C22H26N2O2. The normalized spacial score (nSPS) is 22.2. The van der Waals surface area contributed by atoms with Crippen LogP contribution in [-0.4, -0.2) is 19.0 Å². The molecule has 0 bridgehead atoms. The van der Waals surface area contributed by atoms with Crippen LogP contribution in [0.5, 0.6) is 0 Å². The molecule has 4 heteroatoms. The van der Waals surface area contributed by atoms with Crippen LogP contribution in [0.25, 0.3) is 6.08 Å². The SMILES string of the molecule is Cc1cc(N2CCCC2)ccc1NC(=O)/C=C/c1ccc(C2CC2C)o1. The van der Waals surface area contributed by atoms with Gasteiger partial charge in [-0.05, 0) is 74.1 Å². The number of hydrogen-bond acceptors (Lipinski definition) is 3. The minimum absolute atomic E-state index is 0.139. The van der Waals surface area contributed by atoms with Gasteiger partial charge in [-0.1, -0.05) is 6.92 Å². The van der Waals surface area contributed by atoms with Crippen molar-refractivity contribution in [1.29, 1.82) is 0 Å². The van der Waals surface area contributed by atoms with Crippen LogP contribution in [0.3, 0.4) is 0 Å². The number of amides is 1. The van der Waals surface area contributed by atoms with E-state index in [9.17, 15) is 4.79 Å². The zero-order valence-corrected chi connectivity index (χ0v) is 15.5. The van der Waals surface area contributed by atoms with Crippen molar-refractivity contribution in [3.05, 3.63) is 53.5 Å². The molecule has 1 aromatic heterocycles. The number of aryl methyl sites for hydroxylation is 1. The van der Waals surface area contributed by atoms with Crippen molar-refractivity contribution in [2.75, 3.05) is 23.3 Å². The Kier molecular flexibility index (Phi) is 4.58. The van der Waals surface area contributed by atoms with Gasteiger partial charge in [0.1, 0.15) is 11.5 Å². The second-order valence-corrected chi connectivity index (χ2v) is 7.58. The Balaban J connectivity index is 1.37. The summed E-state index contributed by atoms with van der Waals surface area (Å²) in [5.74, 6) is 2.90. The summed E-state index contributed by atoms with van der Waals surface area (Å²) in [4.78, 5) is 14.6. The van der Waals surface area contributed by atoms with Gasteiger partial charge in [-0.25, -0.2) is 0 Å². The van der Waals surface area contributed by atoms with E-state index < -0.39 is 0 Å². The monoisotopic (exact) mass is 350 g/mol. The van der Waals surface area contributed by atoms with Crippen LogP contribution >= 0.6 is 0 Å². The van der Waals surface area contributed by atoms with Crippen LogP contribution < -0.4 is 10.2 Å². The maximum absolute atomic E-state index is 12.2. The average Bonchev–Trinajstić information content (AvgIpc) is 3.07. The largest absolute Gasteiger partial charge is 0.461 e. The lowest BCUT2D eigenvalue weighted by molar-refractivity contribution is -0.111. The Morgan fingerprint density at radius 1 is 1.23 bits per heavy atom. The van der Waals surface area contributed by atoms with Gasteiger partial charge in [-0.15, -0.1) is 0 Å². The van der Waals surface area contributed by atoms with Crippen molar-refractivity contribution >= 4 is 23.4 Å². The third-order valence-electron chi connectivity index (χ3n) is 5.46. The van der Waals surface area contributed by atoms with Crippen LogP contribution in [0.2, 0.25) is 0 Å².